The molecule has 3 N–H and O–H groups in total. The molecule has 190 valence electrons. The number of pyridine rings is 1. The number of thiazole rings is 1. The predicted octanol–water partition coefficient (Wildman–Crippen LogP) is 4.67. The number of nitrogens with zero attached hydrogens (tertiary/aromatic N) is 3. The Balaban J connectivity index is 0.00000137. The monoisotopic (exact) mass is 543 g/mol. The predicted molar refractivity (Wildman–Crippen MR) is 136 cm³/mol. The Bertz CT molecular complexity index is 1240. The van der Waals surface area contributed by atoms with E-state index in [1.165, 1.54) is 35.2 Å². The Hall–Kier alpha value is -2.80. The van der Waals surface area contributed by atoms with E-state index in [-0.39, 0.29) is 45.9 Å². The van der Waals surface area contributed by atoms with Gasteiger partial charge in [-0.3, -0.25) is 14.4 Å². The van der Waals surface area contributed by atoms with Crippen molar-refractivity contribution in [1.29, 1.82) is 0 Å². The van der Waals surface area contributed by atoms with Gasteiger partial charge in [0, 0.05) is 35.8 Å². The number of rotatable bonds is 8. The molecule has 1 aromatic carbocycles. The molecule has 0 fully saturated rings. The van der Waals surface area contributed by atoms with Crippen molar-refractivity contribution in [2.45, 2.75) is 44.3 Å². The molecule has 0 aliphatic heterocycles. The third-order valence-electron chi connectivity index (χ3n) is 5.00. The van der Waals surface area contributed by atoms with Gasteiger partial charge >= 0.3 is 0 Å². The van der Waals surface area contributed by atoms with Crippen LogP contribution >= 0.6 is 22.9 Å². The van der Waals surface area contributed by atoms with Crippen molar-refractivity contribution >= 4 is 51.1 Å². The zero-order chi connectivity index (χ0) is 26.2. The standard InChI is InChI=1S/C21H25ClFN5O2S2.CH2O2/c1-21(2,3)28(4)11-14-6-5-7-18(23)16(14)10-25-20-17(22)8-15(9-24-20)32(29,30)27-19-12-31-13-26-19;2-1-3/h5-9,12-13,27H,10-11H2,1-4H3,(H,24,25);1H,(H,2,3). The fraction of sp³-hybridized carbons (Fsp3) is 0.318. The molecule has 2 aromatic heterocycles. The van der Waals surface area contributed by atoms with Crippen LogP contribution in [0.3, 0.4) is 0 Å². The maximum atomic E-state index is 14.6. The molecule has 9 nitrogen and oxygen atoms in total. The summed E-state index contributed by atoms with van der Waals surface area (Å²) in [5.41, 5.74) is 2.79. The van der Waals surface area contributed by atoms with E-state index in [4.69, 9.17) is 21.5 Å². The summed E-state index contributed by atoms with van der Waals surface area (Å²) < 4.78 is 42.0. The number of carbonyl (C=O) groups is 1. The van der Waals surface area contributed by atoms with Gasteiger partial charge in [0.1, 0.15) is 16.5 Å². The summed E-state index contributed by atoms with van der Waals surface area (Å²) >= 11 is 7.54. The minimum absolute atomic E-state index is 0.0736. The number of hydrogen-bond donors (Lipinski definition) is 3. The van der Waals surface area contributed by atoms with Gasteiger partial charge in [0.05, 0.1) is 10.5 Å². The molecule has 0 saturated carbocycles. The van der Waals surface area contributed by atoms with Crippen molar-refractivity contribution in [3.63, 3.8) is 0 Å². The summed E-state index contributed by atoms with van der Waals surface area (Å²) in [6.45, 7) is 6.74. The van der Waals surface area contributed by atoms with Crippen LogP contribution in [-0.2, 0) is 27.9 Å². The fourth-order valence-electron chi connectivity index (χ4n) is 2.77. The third kappa shape index (κ3) is 8.13. The lowest BCUT2D eigenvalue weighted by Crippen LogP contribution is -2.37. The van der Waals surface area contributed by atoms with Gasteiger partial charge in [-0.15, -0.1) is 11.3 Å². The van der Waals surface area contributed by atoms with Crippen LogP contribution in [0.4, 0.5) is 16.0 Å². The van der Waals surface area contributed by atoms with E-state index in [0.717, 1.165) is 5.56 Å². The van der Waals surface area contributed by atoms with Crippen LogP contribution in [0, 0.1) is 5.82 Å². The lowest BCUT2D eigenvalue weighted by molar-refractivity contribution is -0.122. The first-order valence-corrected chi connectivity index (χ1v) is 13.0. The maximum Gasteiger partial charge on any atom is 0.290 e. The summed E-state index contributed by atoms with van der Waals surface area (Å²) in [5, 5.41) is 11.6. The minimum atomic E-state index is -3.88. The number of nitrogens with one attached hydrogen (secondary N) is 2. The summed E-state index contributed by atoms with van der Waals surface area (Å²) in [6.07, 6.45) is 1.19. The molecule has 0 unspecified atom stereocenters. The highest BCUT2D eigenvalue weighted by Gasteiger charge is 2.20. The first-order valence-electron chi connectivity index (χ1n) is 10.2. The average Bonchev–Trinajstić information content (AvgIpc) is 3.26. The molecule has 0 aliphatic carbocycles. The number of carboxylic acid groups (broad SMARTS) is 1. The molecule has 0 atom stereocenters. The molecular formula is C22H27ClFN5O4S2. The zero-order valence-corrected chi connectivity index (χ0v) is 22.0. The van der Waals surface area contributed by atoms with Gasteiger partial charge in [-0.25, -0.2) is 22.8 Å². The number of halogens is 2. The van der Waals surface area contributed by atoms with Crippen LogP contribution in [0.15, 0.2) is 46.2 Å². The summed E-state index contributed by atoms with van der Waals surface area (Å²) in [5.74, 6) is 0.151. The Labute approximate surface area is 213 Å². The number of aromatic nitrogens is 2. The Morgan fingerprint density at radius 3 is 2.54 bits per heavy atom. The van der Waals surface area contributed by atoms with Gasteiger partial charge in [0.25, 0.3) is 16.5 Å². The summed E-state index contributed by atoms with van der Waals surface area (Å²) in [6, 6.07) is 6.27. The molecule has 0 bridgehead atoms. The van der Waals surface area contributed by atoms with E-state index >= 15 is 0 Å². The average molecular weight is 544 g/mol. The van der Waals surface area contributed by atoms with E-state index in [0.29, 0.717) is 12.1 Å². The molecule has 3 rings (SSSR count). The number of sulfonamides is 1. The molecule has 0 amide bonds. The highest BCUT2D eigenvalue weighted by atomic mass is 35.5. The van der Waals surface area contributed by atoms with E-state index in [1.54, 1.807) is 11.4 Å². The van der Waals surface area contributed by atoms with Crippen molar-refractivity contribution in [2.75, 3.05) is 17.1 Å². The van der Waals surface area contributed by atoms with Gasteiger partial charge in [-0.05, 0) is 45.5 Å². The third-order valence-corrected chi connectivity index (χ3v) is 7.20. The minimum Gasteiger partial charge on any atom is -0.483 e. The number of anilines is 2. The van der Waals surface area contributed by atoms with Gasteiger partial charge < -0.3 is 10.4 Å². The van der Waals surface area contributed by atoms with E-state index in [1.807, 2.05) is 13.1 Å². The molecule has 2 heterocycles. The van der Waals surface area contributed by atoms with Gasteiger partial charge in [-0.2, -0.15) is 0 Å². The van der Waals surface area contributed by atoms with Crippen molar-refractivity contribution in [3.8, 4) is 0 Å². The smallest absolute Gasteiger partial charge is 0.290 e. The first kappa shape index (κ1) is 28.4. The van der Waals surface area contributed by atoms with E-state index in [2.05, 4.69) is 45.7 Å². The number of benzene rings is 1. The molecule has 0 spiro atoms. The maximum absolute atomic E-state index is 14.6. The van der Waals surface area contributed by atoms with Crippen LogP contribution in [0.25, 0.3) is 0 Å². The second-order valence-electron chi connectivity index (χ2n) is 8.34. The summed E-state index contributed by atoms with van der Waals surface area (Å²) in [4.78, 5) is 18.4. The summed E-state index contributed by atoms with van der Waals surface area (Å²) in [7, 11) is -1.89. The Kier molecular flexibility index (Phi) is 9.95. The van der Waals surface area contributed by atoms with Crippen molar-refractivity contribution in [1.82, 2.24) is 14.9 Å². The normalized spacial score (nSPS) is 11.5. The highest BCUT2D eigenvalue weighted by molar-refractivity contribution is 7.92. The van der Waals surface area contributed by atoms with Crippen molar-refractivity contribution < 1.29 is 22.7 Å². The second kappa shape index (κ2) is 12.2. The van der Waals surface area contributed by atoms with E-state index < -0.39 is 10.0 Å². The van der Waals surface area contributed by atoms with Crippen LogP contribution < -0.4 is 10.0 Å². The lowest BCUT2D eigenvalue weighted by atomic mass is 10.0. The topological polar surface area (TPSA) is 125 Å². The van der Waals surface area contributed by atoms with Crippen LogP contribution in [-0.4, -0.2) is 47.5 Å². The second-order valence-corrected chi connectivity index (χ2v) is 11.2. The molecular weight excluding hydrogens is 517 g/mol. The highest BCUT2D eigenvalue weighted by Crippen LogP contribution is 2.26. The Morgan fingerprint density at radius 2 is 1.97 bits per heavy atom. The van der Waals surface area contributed by atoms with E-state index in [9.17, 15) is 12.8 Å². The quantitative estimate of drug-likeness (QED) is 0.350. The Morgan fingerprint density at radius 1 is 1.29 bits per heavy atom. The van der Waals surface area contributed by atoms with Gasteiger partial charge in [0.15, 0.2) is 5.82 Å². The largest absolute Gasteiger partial charge is 0.483 e. The van der Waals surface area contributed by atoms with Crippen molar-refractivity contribution in [3.05, 3.63) is 63.3 Å². The first-order chi connectivity index (χ1) is 16.4. The van der Waals surface area contributed by atoms with Crippen molar-refractivity contribution in [2.24, 2.45) is 0 Å². The van der Waals surface area contributed by atoms with Crippen LogP contribution in [0.5, 0.6) is 0 Å². The molecule has 13 heteroatoms. The zero-order valence-electron chi connectivity index (χ0n) is 19.6. The molecule has 0 radical (unpaired) electrons. The SMILES string of the molecule is CN(Cc1cccc(F)c1CNc1ncc(S(=O)(=O)Nc2cscn2)cc1Cl)C(C)(C)C.O=CO. The molecule has 0 aliphatic rings. The lowest BCUT2D eigenvalue weighted by Gasteiger charge is -2.32. The van der Waals surface area contributed by atoms with Crippen LogP contribution in [0.1, 0.15) is 31.9 Å². The van der Waals surface area contributed by atoms with Crippen LogP contribution in [0.2, 0.25) is 5.02 Å². The molecule has 3 aromatic rings. The fourth-order valence-corrected chi connectivity index (χ4v) is 4.60. The molecule has 35 heavy (non-hydrogen) atoms. The van der Waals surface area contributed by atoms with Gasteiger partial charge in [-0.1, -0.05) is 23.7 Å². The number of hydrogen-bond acceptors (Lipinski definition) is 8. The van der Waals surface area contributed by atoms with Gasteiger partial charge in [0.2, 0.25) is 0 Å². The molecule has 0 saturated heterocycles.